The van der Waals surface area contributed by atoms with Crippen molar-refractivity contribution in [3.8, 4) is 0 Å². The van der Waals surface area contributed by atoms with E-state index in [1.165, 1.54) is 5.56 Å². The van der Waals surface area contributed by atoms with Gasteiger partial charge in [0.05, 0.1) is 6.04 Å². The first-order valence-corrected chi connectivity index (χ1v) is 8.35. The molecule has 1 aliphatic heterocycles. The third-order valence-corrected chi connectivity index (χ3v) is 4.72. The SMILES string of the molecule is CC(C)c1ccc([C@H]2Nc3nonc3NC3=C2C(=O)CCC3)cc1. The number of benzene rings is 1. The van der Waals surface area contributed by atoms with Crippen LogP contribution in [0.15, 0.2) is 40.2 Å². The zero-order chi connectivity index (χ0) is 16.7. The average Bonchev–Trinajstić information content (AvgIpc) is 2.94. The van der Waals surface area contributed by atoms with E-state index in [0.717, 1.165) is 29.7 Å². The Morgan fingerprint density at radius 2 is 1.88 bits per heavy atom. The lowest BCUT2D eigenvalue weighted by atomic mass is 9.86. The molecule has 124 valence electrons. The molecule has 24 heavy (non-hydrogen) atoms. The van der Waals surface area contributed by atoms with Gasteiger partial charge in [-0.1, -0.05) is 38.1 Å². The second-order valence-electron chi connectivity index (χ2n) is 6.65. The lowest BCUT2D eigenvalue weighted by Gasteiger charge is -2.25. The van der Waals surface area contributed by atoms with E-state index in [9.17, 15) is 4.79 Å². The number of allylic oxidation sites excluding steroid dienone is 1. The molecule has 0 spiro atoms. The Bertz CT molecular complexity index is 805. The summed E-state index contributed by atoms with van der Waals surface area (Å²) in [5, 5.41) is 14.4. The van der Waals surface area contributed by atoms with E-state index in [4.69, 9.17) is 4.63 Å². The third-order valence-electron chi connectivity index (χ3n) is 4.72. The largest absolute Gasteiger partial charge is 0.353 e. The maximum absolute atomic E-state index is 12.6. The summed E-state index contributed by atoms with van der Waals surface area (Å²) in [6, 6.07) is 8.16. The van der Waals surface area contributed by atoms with Crippen LogP contribution >= 0.6 is 0 Å². The van der Waals surface area contributed by atoms with E-state index in [0.29, 0.717) is 24.0 Å². The molecule has 6 nitrogen and oxygen atoms in total. The number of carbonyl (C=O) groups excluding carboxylic acids is 1. The molecule has 2 aromatic rings. The number of nitrogens with one attached hydrogen (secondary N) is 2. The Kier molecular flexibility index (Phi) is 3.59. The van der Waals surface area contributed by atoms with Gasteiger partial charge in [-0.3, -0.25) is 4.79 Å². The van der Waals surface area contributed by atoms with Gasteiger partial charge in [0.2, 0.25) is 11.6 Å². The van der Waals surface area contributed by atoms with Gasteiger partial charge in [-0.15, -0.1) is 0 Å². The molecule has 4 rings (SSSR count). The van der Waals surface area contributed by atoms with Crippen LogP contribution < -0.4 is 10.6 Å². The summed E-state index contributed by atoms with van der Waals surface area (Å²) in [6.07, 6.45) is 2.26. The predicted octanol–water partition coefficient (Wildman–Crippen LogP) is 3.78. The highest BCUT2D eigenvalue weighted by Gasteiger charge is 2.33. The third kappa shape index (κ3) is 2.48. The van der Waals surface area contributed by atoms with Crippen LogP contribution in [0.4, 0.5) is 11.6 Å². The van der Waals surface area contributed by atoms with Crippen molar-refractivity contribution in [2.75, 3.05) is 10.6 Å². The van der Waals surface area contributed by atoms with Crippen molar-refractivity contribution >= 4 is 17.4 Å². The fraction of sp³-hybridized carbons (Fsp3) is 0.389. The molecule has 1 aliphatic carbocycles. The summed E-state index contributed by atoms with van der Waals surface area (Å²) in [5.74, 6) is 1.73. The van der Waals surface area contributed by atoms with E-state index in [-0.39, 0.29) is 11.8 Å². The molecule has 0 saturated carbocycles. The molecule has 0 unspecified atom stereocenters. The van der Waals surface area contributed by atoms with Gasteiger partial charge in [0.1, 0.15) is 0 Å². The number of ketones is 1. The maximum Gasteiger partial charge on any atom is 0.219 e. The maximum atomic E-state index is 12.6. The highest BCUT2D eigenvalue weighted by molar-refractivity contribution is 6.00. The molecule has 2 N–H and O–H groups in total. The summed E-state index contributed by atoms with van der Waals surface area (Å²) in [4.78, 5) is 12.6. The lowest BCUT2D eigenvalue weighted by molar-refractivity contribution is -0.116. The molecule has 0 radical (unpaired) electrons. The van der Waals surface area contributed by atoms with Gasteiger partial charge in [-0.05, 0) is 40.2 Å². The van der Waals surface area contributed by atoms with Gasteiger partial charge in [-0.25, -0.2) is 4.63 Å². The minimum absolute atomic E-state index is 0.177. The standard InChI is InChI=1S/C18H20N4O2/c1-10(2)11-6-8-12(9-7-11)16-15-13(4-3-5-14(15)23)19-17-18(20-16)22-24-21-17/h6-10,16H,3-5H2,1-2H3,(H,19,21)(H,20,22)/t16-/m1/s1. The first kappa shape index (κ1) is 14.9. The summed E-state index contributed by atoms with van der Waals surface area (Å²) in [5.41, 5.74) is 4.03. The number of rotatable bonds is 2. The Hall–Kier alpha value is -2.63. The number of Topliss-reactive ketones (excluding diaryl/α,β-unsaturated/α-hetero) is 1. The fourth-order valence-corrected chi connectivity index (χ4v) is 3.37. The summed E-state index contributed by atoms with van der Waals surface area (Å²) >= 11 is 0. The quantitative estimate of drug-likeness (QED) is 0.875. The van der Waals surface area contributed by atoms with Crippen molar-refractivity contribution in [1.29, 1.82) is 0 Å². The molecule has 0 fully saturated rings. The molecule has 1 aromatic heterocycles. The van der Waals surface area contributed by atoms with Crippen molar-refractivity contribution in [3.63, 3.8) is 0 Å². The number of aromatic nitrogens is 2. The van der Waals surface area contributed by atoms with Crippen LogP contribution in [0.3, 0.4) is 0 Å². The number of hydrogen-bond donors (Lipinski definition) is 2. The van der Waals surface area contributed by atoms with Crippen LogP contribution in [0.1, 0.15) is 56.2 Å². The Morgan fingerprint density at radius 3 is 2.62 bits per heavy atom. The molecule has 0 saturated heterocycles. The zero-order valence-corrected chi connectivity index (χ0v) is 13.8. The molecule has 6 heteroatoms. The Balaban J connectivity index is 1.80. The molecule has 1 aromatic carbocycles. The van der Waals surface area contributed by atoms with Crippen molar-refractivity contribution < 1.29 is 9.42 Å². The van der Waals surface area contributed by atoms with Crippen LogP contribution in [0.25, 0.3) is 0 Å². The zero-order valence-electron chi connectivity index (χ0n) is 13.8. The van der Waals surface area contributed by atoms with Crippen molar-refractivity contribution in [2.45, 2.75) is 45.1 Å². The van der Waals surface area contributed by atoms with E-state index < -0.39 is 0 Å². The van der Waals surface area contributed by atoms with Crippen molar-refractivity contribution in [1.82, 2.24) is 10.3 Å². The smallest absolute Gasteiger partial charge is 0.219 e. The number of anilines is 2. The molecular weight excluding hydrogens is 304 g/mol. The number of carbonyl (C=O) groups is 1. The van der Waals surface area contributed by atoms with Crippen molar-refractivity contribution in [3.05, 3.63) is 46.7 Å². The van der Waals surface area contributed by atoms with Crippen LogP contribution in [-0.2, 0) is 4.79 Å². The van der Waals surface area contributed by atoms with Gasteiger partial charge < -0.3 is 10.6 Å². The number of hydrogen-bond acceptors (Lipinski definition) is 6. The summed E-state index contributed by atoms with van der Waals surface area (Å²) in [7, 11) is 0. The monoisotopic (exact) mass is 324 g/mol. The minimum Gasteiger partial charge on any atom is -0.353 e. The second kappa shape index (κ2) is 5.78. The van der Waals surface area contributed by atoms with E-state index >= 15 is 0 Å². The highest BCUT2D eigenvalue weighted by Crippen LogP contribution is 2.39. The van der Waals surface area contributed by atoms with E-state index in [1.54, 1.807) is 0 Å². The average molecular weight is 324 g/mol. The topological polar surface area (TPSA) is 80.1 Å². The van der Waals surface area contributed by atoms with E-state index in [2.05, 4.69) is 59.1 Å². The second-order valence-corrected chi connectivity index (χ2v) is 6.65. The molecule has 2 aliphatic rings. The van der Waals surface area contributed by atoms with Gasteiger partial charge in [-0.2, -0.15) is 0 Å². The lowest BCUT2D eigenvalue weighted by Crippen LogP contribution is -2.23. The molecule has 0 bridgehead atoms. The van der Waals surface area contributed by atoms with Gasteiger partial charge in [0, 0.05) is 17.7 Å². The molecule has 2 heterocycles. The van der Waals surface area contributed by atoms with E-state index in [1.807, 2.05) is 0 Å². The van der Waals surface area contributed by atoms with Gasteiger partial charge >= 0.3 is 0 Å². The van der Waals surface area contributed by atoms with Crippen molar-refractivity contribution in [2.24, 2.45) is 0 Å². The molecular formula is C18H20N4O2. The van der Waals surface area contributed by atoms with Crippen LogP contribution in [-0.4, -0.2) is 16.1 Å². The van der Waals surface area contributed by atoms with Gasteiger partial charge in [0.15, 0.2) is 5.78 Å². The highest BCUT2D eigenvalue weighted by atomic mass is 16.6. The van der Waals surface area contributed by atoms with Crippen LogP contribution in [0.5, 0.6) is 0 Å². The summed E-state index contributed by atoms with van der Waals surface area (Å²) < 4.78 is 4.83. The Labute approximate surface area is 140 Å². The predicted molar refractivity (Wildman–Crippen MR) is 90.7 cm³/mol. The normalized spacial score (nSPS) is 20.1. The molecule has 1 atom stereocenters. The minimum atomic E-state index is -0.241. The van der Waals surface area contributed by atoms with Gasteiger partial charge in [0.25, 0.3) is 0 Å². The first-order valence-electron chi connectivity index (χ1n) is 8.35. The first-order chi connectivity index (χ1) is 11.6. The number of nitrogens with zero attached hydrogens (tertiary/aromatic N) is 2. The van der Waals surface area contributed by atoms with Crippen LogP contribution in [0.2, 0.25) is 0 Å². The van der Waals surface area contributed by atoms with Crippen LogP contribution in [0, 0.1) is 0 Å². The summed E-state index contributed by atoms with van der Waals surface area (Å²) in [6.45, 7) is 4.34. The Morgan fingerprint density at radius 1 is 1.12 bits per heavy atom. The molecule has 0 amide bonds. The fourth-order valence-electron chi connectivity index (χ4n) is 3.37. The number of fused-ring (bicyclic) bond motifs is 1.